The maximum Gasteiger partial charge on any atom is 0.161 e. The number of rotatable bonds is 4. The van der Waals surface area contributed by atoms with Crippen LogP contribution in [0, 0.1) is 17.5 Å². The average Bonchev–Trinajstić information content (AvgIpc) is 2.79. The Labute approximate surface area is 102 Å². The van der Waals surface area contributed by atoms with Crippen LogP contribution < -0.4 is 5.32 Å². The van der Waals surface area contributed by atoms with E-state index in [0.717, 1.165) is 24.6 Å². The Morgan fingerprint density at radius 3 is 2.61 bits per heavy atom. The highest BCUT2D eigenvalue weighted by Gasteiger charge is 2.12. The van der Waals surface area contributed by atoms with Crippen LogP contribution in [0.1, 0.15) is 5.56 Å². The first-order valence-corrected chi connectivity index (χ1v) is 5.45. The first-order valence-electron chi connectivity index (χ1n) is 5.45. The van der Waals surface area contributed by atoms with Crippen molar-refractivity contribution in [1.29, 1.82) is 0 Å². The van der Waals surface area contributed by atoms with Crippen molar-refractivity contribution >= 4 is 0 Å². The second-order valence-electron chi connectivity index (χ2n) is 3.86. The van der Waals surface area contributed by atoms with Crippen molar-refractivity contribution < 1.29 is 13.2 Å². The fourth-order valence-corrected chi connectivity index (χ4v) is 1.58. The minimum Gasteiger partial charge on any atom is -0.319 e. The third kappa shape index (κ3) is 2.53. The van der Waals surface area contributed by atoms with Gasteiger partial charge in [0.25, 0.3) is 0 Å². The van der Waals surface area contributed by atoms with Crippen molar-refractivity contribution in [3.63, 3.8) is 0 Å². The molecule has 0 aliphatic heterocycles. The third-order valence-electron chi connectivity index (χ3n) is 2.54. The fourth-order valence-electron chi connectivity index (χ4n) is 1.58. The number of nitrogens with zero attached hydrogens (tertiary/aromatic N) is 2. The number of hydrogen-bond acceptors (Lipinski definition) is 2. The van der Waals surface area contributed by atoms with Gasteiger partial charge in [-0.15, -0.1) is 0 Å². The lowest BCUT2D eigenvalue weighted by Gasteiger charge is -2.03. The predicted molar refractivity (Wildman–Crippen MR) is 61.1 cm³/mol. The van der Waals surface area contributed by atoms with E-state index in [2.05, 4.69) is 10.4 Å². The van der Waals surface area contributed by atoms with E-state index >= 15 is 0 Å². The van der Waals surface area contributed by atoms with E-state index in [4.69, 9.17) is 0 Å². The number of likely N-dealkylation sites (N-methyl/N-ethyl adjacent to an activating group) is 1. The van der Waals surface area contributed by atoms with Crippen molar-refractivity contribution in [2.75, 3.05) is 13.6 Å². The monoisotopic (exact) mass is 255 g/mol. The zero-order chi connectivity index (χ0) is 13.1. The van der Waals surface area contributed by atoms with Crippen LogP contribution in [0.2, 0.25) is 0 Å². The highest BCUT2D eigenvalue weighted by Crippen LogP contribution is 2.17. The second kappa shape index (κ2) is 5.22. The van der Waals surface area contributed by atoms with Crippen molar-refractivity contribution in [2.24, 2.45) is 0 Å². The molecule has 0 fully saturated rings. The number of halogens is 3. The molecule has 96 valence electrons. The summed E-state index contributed by atoms with van der Waals surface area (Å²) in [6.07, 6.45) is 3.88. The molecule has 0 aliphatic carbocycles. The standard InChI is InChI=1S/C12H12F3N3/c1-16-3-2-8-6-17-18(7-8)12-5-10(14)9(13)4-11(12)15/h4-7,16H,2-3H2,1H3. The highest BCUT2D eigenvalue weighted by molar-refractivity contribution is 5.34. The molecular weight excluding hydrogens is 243 g/mol. The quantitative estimate of drug-likeness (QED) is 0.847. The van der Waals surface area contributed by atoms with E-state index in [1.165, 1.54) is 4.68 Å². The van der Waals surface area contributed by atoms with Gasteiger partial charge in [-0.25, -0.2) is 17.9 Å². The Morgan fingerprint density at radius 1 is 1.17 bits per heavy atom. The zero-order valence-corrected chi connectivity index (χ0v) is 9.75. The lowest BCUT2D eigenvalue weighted by Crippen LogP contribution is -2.09. The molecule has 0 aliphatic rings. The summed E-state index contributed by atoms with van der Waals surface area (Å²) in [6, 6.07) is 1.30. The Hall–Kier alpha value is -1.82. The summed E-state index contributed by atoms with van der Waals surface area (Å²) in [5, 5.41) is 6.90. The van der Waals surface area contributed by atoms with E-state index in [1.54, 1.807) is 12.4 Å². The van der Waals surface area contributed by atoms with Crippen LogP contribution in [0.25, 0.3) is 5.69 Å². The Balaban J connectivity index is 2.31. The fraction of sp³-hybridized carbons (Fsp3) is 0.250. The van der Waals surface area contributed by atoms with Crippen LogP contribution in [0.5, 0.6) is 0 Å². The summed E-state index contributed by atoms with van der Waals surface area (Å²) in [5.74, 6) is -3.16. The van der Waals surface area contributed by atoms with Crippen molar-refractivity contribution in [2.45, 2.75) is 6.42 Å². The van der Waals surface area contributed by atoms with E-state index in [0.29, 0.717) is 6.07 Å². The van der Waals surface area contributed by atoms with E-state index in [-0.39, 0.29) is 5.69 Å². The molecule has 0 radical (unpaired) electrons. The number of aromatic nitrogens is 2. The molecule has 0 atom stereocenters. The topological polar surface area (TPSA) is 29.9 Å². The van der Waals surface area contributed by atoms with Gasteiger partial charge in [-0.3, -0.25) is 0 Å². The van der Waals surface area contributed by atoms with Gasteiger partial charge >= 0.3 is 0 Å². The number of nitrogens with one attached hydrogen (secondary N) is 1. The largest absolute Gasteiger partial charge is 0.319 e. The molecule has 0 saturated heterocycles. The van der Waals surface area contributed by atoms with Gasteiger partial charge in [-0.1, -0.05) is 0 Å². The van der Waals surface area contributed by atoms with Gasteiger partial charge in [0.15, 0.2) is 17.5 Å². The van der Waals surface area contributed by atoms with Crippen LogP contribution in [0.4, 0.5) is 13.2 Å². The first-order chi connectivity index (χ1) is 8.61. The molecule has 6 heteroatoms. The molecule has 1 heterocycles. The molecule has 1 N–H and O–H groups in total. The predicted octanol–water partition coefficient (Wildman–Crippen LogP) is 2.05. The third-order valence-corrected chi connectivity index (χ3v) is 2.54. The summed E-state index contributed by atoms with van der Waals surface area (Å²) in [7, 11) is 1.82. The maximum atomic E-state index is 13.5. The van der Waals surface area contributed by atoms with Crippen molar-refractivity contribution in [3.8, 4) is 5.69 Å². The van der Waals surface area contributed by atoms with Crippen molar-refractivity contribution in [1.82, 2.24) is 15.1 Å². The molecule has 1 aromatic carbocycles. The molecule has 0 unspecified atom stereocenters. The van der Waals surface area contributed by atoms with Gasteiger partial charge in [-0.2, -0.15) is 5.10 Å². The smallest absolute Gasteiger partial charge is 0.161 e. The van der Waals surface area contributed by atoms with Gasteiger partial charge < -0.3 is 5.32 Å². The lowest BCUT2D eigenvalue weighted by molar-refractivity contribution is 0.491. The van der Waals surface area contributed by atoms with Crippen LogP contribution >= 0.6 is 0 Å². The lowest BCUT2D eigenvalue weighted by atomic mass is 10.2. The molecule has 2 rings (SSSR count). The zero-order valence-electron chi connectivity index (χ0n) is 9.75. The molecule has 0 saturated carbocycles. The molecule has 0 amide bonds. The van der Waals surface area contributed by atoms with Crippen LogP contribution in [0.15, 0.2) is 24.5 Å². The molecule has 0 bridgehead atoms. The van der Waals surface area contributed by atoms with Gasteiger partial charge in [-0.05, 0) is 25.6 Å². The van der Waals surface area contributed by atoms with Gasteiger partial charge in [0, 0.05) is 18.3 Å². The molecule has 2 aromatic rings. The molecule has 18 heavy (non-hydrogen) atoms. The normalized spacial score (nSPS) is 10.9. The summed E-state index contributed by atoms with van der Waals surface area (Å²) in [4.78, 5) is 0. The van der Waals surface area contributed by atoms with Gasteiger partial charge in [0.2, 0.25) is 0 Å². The Kier molecular flexibility index (Phi) is 3.66. The summed E-state index contributed by atoms with van der Waals surface area (Å²) < 4.78 is 40.6. The minimum absolute atomic E-state index is 0.107. The maximum absolute atomic E-state index is 13.5. The number of benzene rings is 1. The molecule has 1 aromatic heterocycles. The Morgan fingerprint density at radius 2 is 1.89 bits per heavy atom. The van der Waals surface area contributed by atoms with E-state index in [1.807, 2.05) is 7.05 Å². The first kappa shape index (κ1) is 12.6. The van der Waals surface area contributed by atoms with Crippen LogP contribution in [-0.4, -0.2) is 23.4 Å². The molecular formula is C12H12F3N3. The van der Waals surface area contributed by atoms with Gasteiger partial charge in [0.05, 0.1) is 6.20 Å². The Bertz CT molecular complexity index is 551. The molecule has 3 nitrogen and oxygen atoms in total. The highest BCUT2D eigenvalue weighted by atomic mass is 19.2. The van der Waals surface area contributed by atoms with Crippen molar-refractivity contribution in [3.05, 3.63) is 47.5 Å². The summed E-state index contributed by atoms with van der Waals surface area (Å²) >= 11 is 0. The minimum atomic E-state index is -1.21. The summed E-state index contributed by atoms with van der Waals surface area (Å²) in [6.45, 7) is 0.756. The van der Waals surface area contributed by atoms with E-state index < -0.39 is 17.5 Å². The average molecular weight is 255 g/mol. The van der Waals surface area contributed by atoms with Crippen LogP contribution in [0.3, 0.4) is 0 Å². The second-order valence-corrected chi connectivity index (χ2v) is 3.86. The summed E-state index contributed by atoms with van der Waals surface area (Å²) in [5.41, 5.74) is 0.776. The number of hydrogen-bond donors (Lipinski definition) is 1. The van der Waals surface area contributed by atoms with Crippen LogP contribution in [-0.2, 0) is 6.42 Å². The molecule has 0 spiro atoms. The van der Waals surface area contributed by atoms with E-state index in [9.17, 15) is 13.2 Å². The SMILES string of the molecule is CNCCc1cnn(-c2cc(F)c(F)cc2F)c1. The van der Waals surface area contributed by atoms with Gasteiger partial charge in [0.1, 0.15) is 5.69 Å².